The second-order valence-electron chi connectivity index (χ2n) is 6.45. The fourth-order valence-electron chi connectivity index (χ4n) is 2.98. The van der Waals surface area contributed by atoms with Gasteiger partial charge in [0.2, 0.25) is 5.91 Å². The van der Waals surface area contributed by atoms with E-state index in [-0.39, 0.29) is 12.3 Å². The molecule has 28 heavy (non-hydrogen) atoms. The molecular formula is C21H19ClN2O3S. The molecule has 0 bridgehead atoms. The predicted octanol–water partition coefficient (Wildman–Crippen LogP) is 4.02. The SMILES string of the molecule is O=C(Cc1csc(Cc2ccccc2)n1)NCc1cc(Cl)c2c(c1)OCCO2. The monoisotopic (exact) mass is 414 g/mol. The molecule has 0 aliphatic carbocycles. The van der Waals surface area contributed by atoms with E-state index >= 15 is 0 Å². The zero-order valence-electron chi connectivity index (χ0n) is 15.1. The zero-order valence-corrected chi connectivity index (χ0v) is 16.7. The zero-order chi connectivity index (χ0) is 19.3. The van der Waals surface area contributed by atoms with Crippen LogP contribution in [0.5, 0.6) is 11.5 Å². The average molecular weight is 415 g/mol. The number of aromatic nitrogens is 1. The number of amides is 1. The number of hydrogen-bond acceptors (Lipinski definition) is 5. The molecule has 7 heteroatoms. The second-order valence-corrected chi connectivity index (χ2v) is 7.80. The van der Waals surface area contributed by atoms with Crippen LogP contribution in [0.1, 0.15) is 21.8 Å². The standard InChI is InChI=1S/C21H19ClN2O3S/c22-17-8-15(9-18-21(17)27-7-6-26-18)12-23-19(25)11-16-13-28-20(24-16)10-14-4-2-1-3-5-14/h1-5,8-9,13H,6-7,10-12H2,(H,23,25). The Morgan fingerprint density at radius 3 is 2.82 bits per heavy atom. The third kappa shape index (κ3) is 4.64. The van der Waals surface area contributed by atoms with Gasteiger partial charge in [-0.3, -0.25) is 4.79 Å². The third-order valence-electron chi connectivity index (χ3n) is 4.29. The normalized spacial score (nSPS) is 12.6. The van der Waals surface area contributed by atoms with E-state index in [9.17, 15) is 4.79 Å². The summed E-state index contributed by atoms with van der Waals surface area (Å²) in [5.74, 6) is 1.10. The van der Waals surface area contributed by atoms with Crippen LogP contribution in [-0.2, 0) is 24.2 Å². The van der Waals surface area contributed by atoms with Gasteiger partial charge in [-0.15, -0.1) is 11.3 Å². The van der Waals surface area contributed by atoms with Gasteiger partial charge in [0, 0.05) is 18.3 Å². The van der Waals surface area contributed by atoms with Gasteiger partial charge in [-0.2, -0.15) is 0 Å². The van der Waals surface area contributed by atoms with Gasteiger partial charge in [-0.05, 0) is 23.3 Å². The summed E-state index contributed by atoms with van der Waals surface area (Å²) in [5.41, 5.74) is 2.86. The van der Waals surface area contributed by atoms with Gasteiger partial charge in [0.1, 0.15) is 13.2 Å². The summed E-state index contributed by atoms with van der Waals surface area (Å²) in [4.78, 5) is 16.9. The summed E-state index contributed by atoms with van der Waals surface area (Å²) in [6.45, 7) is 1.35. The third-order valence-corrected chi connectivity index (χ3v) is 5.46. The van der Waals surface area contributed by atoms with Crippen molar-refractivity contribution in [2.75, 3.05) is 13.2 Å². The highest BCUT2D eigenvalue weighted by molar-refractivity contribution is 7.09. The van der Waals surface area contributed by atoms with Crippen molar-refractivity contribution in [2.24, 2.45) is 0 Å². The van der Waals surface area contributed by atoms with Crippen molar-refractivity contribution < 1.29 is 14.3 Å². The summed E-state index contributed by atoms with van der Waals surface area (Å²) >= 11 is 7.81. The maximum Gasteiger partial charge on any atom is 0.226 e. The van der Waals surface area contributed by atoms with Crippen LogP contribution in [0.2, 0.25) is 5.02 Å². The highest BCUT2D eigenvalue weighted by atomic mass is 35.5. The van der Waals surface area contributed by atoms with Crippen molar-refractivity contribution in [3.05, 3.63) is 74.7 Å². The van der Waals surface area contributed by atoms with Crippen LogP contribution in [0.3, 0.4) is 0 Å². The molecule has 0 unspecified atom stereocenters. The van der Waals surface area contributed by atoms with E-state index in [1.807, 2.05) is 29.6 Å². The van der Waals surface area contributed by atoms with Crippen LogP contribution in [0.15, 0.2) is 47.8 Å². The number of rotatable bonds is 6. The summed E-state index contributed by atoms with van der Waals surface area (Å²) in [6, 6.07) is 13.8. The molecule has 2 heterocycles. The summed E-state index contributed by atoms with van der Waals surface area (Å²) < 4.78 is 11.1. The second kappa shape index (κ2) is 8.63. The number of hydrogen-bond donors (Lipinski definition) is 1. The molecule has 144 valence electrons. The highest BCUT2D eigenvalue weighted by Gasteiger charge is 2.17. The van der Waals surface area contributed by atoms with Crippen LogP contribution in [0, 0.1) is 0 Å². The van der Waals surface area contributed by atoms with Gasteiger partial charge in [0.05, 0.1) is 22.1 Å². The topological polar surface area (TPSA) is 60.5 Å². The minimum atomic E-state index is -0.0810. The van der Waals surface area contributed by atoms with E-state index in [0.29, 0.717) is 36.3 Å². The number of benzene rings is 2. The lowest BCUT2D eigenvalue weighted by molar-refractivity contribution is -0.120. The van der Waals surface area contributed by atoms with E-state index < -0.39 is 0 Å². The van der Waals surface area contributed by atoms with Gasteiger partial charge in [-0.1, -0.05) is 41.9 Å². The molecular weight excluding hydrogens is 396 g/mol. The Hall–Kier alpha value is -2.57. The van der Waals surface area contributed by atoms with Gasteiger partial charge < -0.3 is 14.8 Å². The van der Waals surface area contributed by atoms with Crippen molar-refractivity contribution in [3.8, 4) is 11.5 Å². The highest BCUT2D eigenvalue weighted by Crippen LogP contribution is 2.38. The molecule has 2 aromatic carbocycles. The van der Waals surface area contributed by atoms with Crippen molar-refractivity contribution in [3.63, 3.8) is 0 Å². The van der Waals surface area contributed by atoms with E-state index in [1.165, 1.54) is 5.56 Å². The van der Waals surface area contributed by atoms with E-state index in [0.717, 1.165) is 22.7 Å². The molecule has 1 N–H and O–H groups in total. The number of thiazole rings is 1. The van der Waals surface area contributed by atoms with E-state index in [2.05, 4.69) is 22.4 Å². The molecule has 0 atom stereocenters. The first-order valence-corrected chi connectivity index (χ1v) is 10.2. The Balaban J connectivity index is 1.32. The lowest BCUT2D eigenvalue weighted by Gasteiger charge is -2.20. The Morgan fingerprint density at radius 1 is 1.14 bits per heavy atom. The number of nitrogens with zero attached hydrogens (tertiary/aromatic N) is 1. The van der Waals surface area contributed by atoms with Gasteiger partial charge in [0.25, 0.3) is 0 Å². The predicted molar refractivity (Wildman–Crippen MR) is 109 cm³/mol. The molecule has 4 rings (SSSR count). The average Bonchev–Trinajstić information content (AvgIpc) is 3.14. The Bertz CT molecular complexity index is 975. The van der Waals surface area contributed by atoms with Crippen LogP contribution >= 0.6 is 22.9 Å². The molecule has 3 aromatic rings. The lowest BCUT2D eigenvalue weighted by atomic mass is 10.2. The van der Waals surface area contributed by atoms with Crippen LogP contribution < -0.4 is 14.8 Å². The smallest absolute Gasteiger partial charge is 0.226 e. The number of halogens is 1. The molecule has 0 spiro atoms. The lowest BCUT2D eigenvalue weighted by Crippen LogP contribution is -2.25. The van der Waals surface area contributed by atoms with Gasteiger partial charge in [0.15, 0.2) is 11.5 Å². The largest absolute Gasteiger partial charge is 0.486 e. The first-order chi connectivity index (χ1) is 13.7. The molecule has 1 aromatic heterocycles. The molecule has 1 amide bonds. The number of ether oxygens (including phenoxy) is 2. The van der Waals surface area contributed by atoms with Crippen LogP contribution in [-0.4, -0.2) is 24.1 Å². The Labute approximate surface area is 172 Å². The number of carbonyl (C=O) groups is 1. The maximum absolute atomic E-state index is 12.3. The molecule has 0 saturated heterocycles. The summed E-state index contributed by atoms with van der Waals surface area (Å²) in [6.07, 6.45) is 1.03. The Morgan fingerprint density at radius 2 is 1.96 bits per heavy atom. The van der Waals surface area contributed by atoms with Gasteiger partial charge >= 0.3 is 0 Å². The van der Waals surface area contributed by atoms with Crippen LogP contribution in [0.25, 0.3) is 0 Å². The fourth-order valence-corrected chi connectivity index (χ4v) is 4.09. The Kier molecular flexibility index (Phi) is 5.78. The van der Waals surface area contributed by atoms with Crippen molar-refractivity contribution in [1.82, 2.24) is 10.3 Å². The van der Waals surface area contributed by atoms with Crippen molar-refractivity contribution in [1.29, 1.82) is 0 Å². The van der Waals surface area contributed by atoms with Gasteiger partial charge in [-0.25, -0.2) is 4.98 Å². The van der Waals surface area contributed by atoms with Crippen molar-refractivity contribution >= 4 is 28.8 Å². The summed E-state index contributed by atoms with van der Waals surface area (Å²) in [5, 5.41) is 6.35. The minimum absolute atomic E-state index is 0.0810. The maximum atomic E-state index is 12.3. The fraction of sp³-hybridized carbons (Fsp3) is 0.238. The number of fused-ring (bicyclic) bond motifs is 1. The van der Waals surface area contributed by atoms with E-state index in [4.69, 9.17) is 21.1 Å². The van der Waals surface area contributed by atoms with Crippen LogP contribution in [0.4, 0.5) is 0 Å². The summed E-state index contributed by atoms with van der Waals surface area (Å²) in [7, 11) is 0. The quantitative estimate of drug-likeness (QED) is 0.661. The molecule has 5 nitrogen and oxygen atoms in total. The van der Waals surface area contributed by atoms with Crippen molar-refractivity contribution in [2.45, 2.75) is 19.4 Å². The number of nitrogens with one attached hydrogen (secondary N) is 1. The molecule has 1 aliphatic heterocycles. The minimum Gasteiger partial charge on any atom is -0.486 e. The molecule has 0 fully saturated rings. The first-order valence-electron chi connectivity index (χ1n) is 8.99. The first kappa shape index (κ1) is 18.8. The molecule has 1 aliphatic rings. The number of carbonyl (C=O) groups excluding carboxylic acids is 1. The molecule has 0 radical (unpaired) electrons. The molecule has 0 saturated carbocycles. The van der Waals surface area contributed by atoms with E-state index in [1.54, 1.807) is 17.4 Å².